The van der Waals surface area contributed by atoms with Crippen molar-refractivity contribution in [1.82, 2.24) is 9.78 Å². The molecule has 2 aromatic carbocycles. The smallest absolute Gasteiger partial charge is 0.338 e. The Morgan fingerprint density at radius 2 is 1.61 bits per heavy atom. The lowest BCUT2D eigenvalue weighted by atomic mass is 10.0. The Kier molecular flexibility index (Phi) is 12.8. The lowest BCUT2D eigenvalue weighted by molar-refractivity contribution is -0.384. The van der Waals surface area contributed by atoms with Crippen LogP contribution < -0.4 is 5.32 Å². The molecular formula is C34H44N4O8. The van der Waals surface area contributed by atoms with Crippen molar-refractivity contribution in [2.75, 3.05) is 25.1 Å². The van der Waals surface area contributed by atoms with Crippen LogP contribution in [0.25, 0.3) is 10.9 Å². The highest BCUT2D eigenvalue weighted by Crippen LogP contribution is 2.30. The summed E-state index contributed by atoms with van der Waals surface area (Å²) in [4.78, 5) is 50.8. The number of hydrogen-bond donors (Lipinski definition) is 1. The van der Waals surface area contributed by atoms with E-state index >= 15 is 0 Å². The monoisotopic (exact) mass is 636 g/mol. The number of aromatic nitrogens is 2. The second kappa shape index (κ2) is 17.0. The third-order valence-electron chi connectivity index (χ3n) is 8.14. The minimum absolute atomic E-state index is 0.146. The second-order valence-electron chi connectivity index (χ2n) is 11.7. The maximum Gasteiger partial charge on any atom is 0.338 e. The summed E-state index contributed by atoms with van der Waals surface area (Å²) < 4.78 is 18.0. The summed E-state index contributed by atoms with van der Waals surface area (Å²) in [6.07, 6.45) is 13.9. The minimum Gasteiger partial charge on any atom is -0.462 e. The molecule has 1 aliphatic heterocycles. The van der Waals surface area contributed by atoms with Gasteiger partial charge in [-0.05, 0) is 50.1 Å². The van der Waals surface area contributed by atoms with Crippen LogP contribution in [0.3, 0.4) is 0 Å². The van der Waals surface area contributed by atoms with Crippen LogP contribution in [-0.2, 0) is 23.8 Å². The van der Waals surface area contributed by atoms with E-state index in [1.807, 2.05) is 0 Å². The summed E-state index contributed by atoms with van der Waals surface area (Å²) in [5.41, 5.74) is 0.886. The van der Waals surface area contributed by atoms with Crippen LogP contribution in [-0.4, -0.2) is 58.0 Å². The number of nitro groups is 1. The molecule has 0 bridgehead atoms. The van der Waals surface area contributed by atoms with E-state index in [2.05, 4.69) is 17.3 Å². The van der Waals surface area contributed by atoms with Gasteiger partial charge in [0.25, 0.3) is 11.6 Å². The third-order valence-corrected chi connectivity index (χ3v) is 8.14. The molecule has 0 saturated carbocycles. The van der Waals surface area contributed by atoms with E-state index in [1.165, 1.54) is 80.9 Å². The van der Waals surface area contributed by atoms with Crippen LogP contribution in [0.15, 0.2) is 48.7 Å². The molecule has 1 fully saturated rings. The predicted octanol–water partition coefficient (Wildman–Crippen LogP) is 6.92. The molecule has 1 N–H and O–H groups in total. The topological polar surface area (TPSA) is 152 Å². The summed E-state index contributed by atoms with van der Waals surface area (Å²) in [5.74, 6) is -3.54. The van der Waals surface area contributed by atoms with Gasteiger partial charge in [-0.15, -0.1) is 0 Å². The molecule has 1 atom stereocenters. The quantitative estimate of drug-likeness (QED) is 0.0515. The van der Waals surface area contributed by atoms with Gasteiger partial charge in [0.1, 0.15) is 0 Å². The average molecular weight is 637 g/mol. The number of nitrogens with one attached hydrogen (secondary N) is 1. The molecule has 12 nitrogen and oxygen atoms in total. The zero-order valence-electron chi connectivity index (χ0n) is 26.7. The fraction of sp³-hybridized carbons (Fsp3) is 0.529. The predicted molar refractivity (Wildman–Crippen MR) is 173 cm³/mol. The molecule has 12 heteroatoms. The van der Waals surface area contributed by atoms with Crippen LogP contribution >= 0.6 is 0 Å². The maximum atomic E-state index is 13.8. The number of nitro benzene ring substituents is 1. The molecule has 1 unspecified atom stereocenters. The first-order chi connectivity index (χ1) is 22.2. The number of Topliss-reactive ketones (excluding diaryl/α,β-unsaturated/α-hetero) is 1. The van der Waals surface area contributed by atoms with Crippen LogP contribution in [0, 0.1) is 10.1 Å². The van der Waals surface area contributed by atoms with Gasteiger partial charge in [-0.3, -0.25) is 19.7 Å². The zero-order valence-corrected chi connectivity index (χ0v) is 26.7. The van der Waals surface area contributed by atoms with Crippen LogP contribution in [0.2, 0.25) is 0 Å². The maximum absolute atomic E-state index is 13.8. The molecule has 46 heavy (non-hydrogen) atoms. The van der Waals surface area contributed by atoms with Gasteiger partial charge in [0.15, 0.2) is 6.04 Å². The Bertz CT molecular complexity index is 1480. The van der Waals surface area contributed by atoms with Crippen molar-refractivity contribution in [3.63, 3.8) is 0 Å². The molecule has 0 aliphatic carbocycles. The molecule has 2 heterocycles. The average Bonchev–Trinajstić information content (AvgIpc) is 3.47. The summed E-state index contributed by atoms with van der Waals surface area (Å²) in [7, 11) is 0. The Morgan fingerprint density at radius 1 is 0.978 bits per heavy atom. The fourth-order valence-electron chi connectivity index (χ4n) is 5.46. The van der Waals surface area contributed by atoms with E-state index in [1.54, 1.807) is 24.3 Å². The number of nitrogens with zero attached hydrogens (tertiary/aromatic N) is 3. The van der Waals surface area contributed by atoms with E-state index in [0.29, 0.717) is 35.2 Å². The van der Waals surface area contributed by atoms with E-state index in [-0.39, 0.29) is 18.9 Å². The summed E-state index contributed by atoms with van der Waals surface area (Å²) >= 11 is 0. The number of ketones is 1. The van der Waals surface area contributed by atoms with Crippen LogP contribution in [0.4, 0.5) is 11.4 Å². The lowest BCUT2D eigenvalue weighted by Crippen LogP contribution is -2.51. The SMILES string of the molecule is CCCCCCCCCCCCOC(=O)c1ccc(NC(=O)C(C(=O)C2(C)OCCCO2)n2ncc3cc([N+](=O)[O-])ccc32)cc1. The number of unbranched alkanes of at least 4 members (excludes halogenated alkanes) is 9. The van der Waals surface area contributed by atoms with Crippen molar-refractivity contribution in [3.8, 4) is 0 Å². The highest BCUT2D eigenvalue weighted by atomic mass is 16.7. The number of carbonyl (C=O) groups excluding carboxylic acids is 3. The first kappa shape index (κ1) is 34.7. The van der Waals surface area contributed by atoms with Crippen molar-refractivity contribution in [2.24, 2.45) is 0 Å². The number of rotatable bonds is 18. The van der Waals surface area contributed by atoms with Gasteiger partial charge in [-0.25, -0.2) is 9.48 Å². The molecule has 1 saturated heterocycles. The molecular weight excluding hydrogens is 592 g/mol. The number of ether oxygens (including phenoxy) is 3. The molecule has 1 amide bonds. The van der Waals surface area contributed by atoms with Gasteiger partial charge in [-0.1, -0.05) is 64.7 Å². The normalized spacial score (nSPS) is 14.9. The fourth-order valence-corrected chi connectivity index (χ4v) is 5.46. The van der Waals surface area contributed by atoms with Gasteiger partial charge in [-0.2, -0.15) is 5.10 Å². The van der Waals surface area contributed by atoms with Crippen molar-refractivity contribution in [2.45, 2.75) is 96.3 Å². The van der Waals surface area contributed by atoms with Gasteiger partial charge >= 0.3 is 5.97 Å². The largest absolute Gasteiger partial charge is 0.462 e. The van der Waals surface area contributed by atoms with Crippen LogP contribution in [0.1, 0.15) is 101 Å². The number of non-ortho nitro benzene ring substituents is 1. The van der Waals surface area contributed by atoms with Gasteiger partial charge in [0.2, 0.25) is 11.6 Å². The summed E-state index contributed by atoms with van der Waals surface area (Å²) in [6.45, 7) is 4.58. The van der Waals surface area contributed by atoms with Crippen molar-refractivity contribution in [1.29, 1.82) is 0 Å². The van der Waals surface area contributed by atoms with Gasteiger partial charge < -0.3 is 19.5 Å². The number of benzene rings is 2. The molecule has 248 valence electrons. The van der Waals surface area contributed by atoms with Crippen molar-refractivity contribution in [3.05, 3.63) is 64.3 Å². The molecule has 1 aliphatic rings. The Labute approximate surface area is 268 Å². The van der Waals surface area contributed by atoms with Crippen molar-refractivity contribution < 1.29 is 33.5 Å². The van der Waals surface area contributed by atoms with Crippen molar-refractivity contribution >= 4 is 39.9 Å². The van der Waals surface area contributed by atoms with Gasteiger partial charge in [0, 0.05) is 23.2 Å². The number of amides is 1. The Morgan fingerprint density at radius 3 is 2.24 bits per heavy atom. The standard InChI is InChI=1S/C34H44N4O8/c1-3-4-5-6-7-8-9-10-11-12-20-44-33(41)25-14-16-27(17-15-25)36-32(40)30(31(39)34(2)45-21-13-22-46-34)37-29-19-18-28(38(42)43)23-26(29)24-35-37/h14-19,23-24,30H,3-13,20-22H2,1-2H3,(H,36,40). The van der Waals surface area contributed by atoms with E-state index < -0.39 is 34.4 Å². The van der Waals surface area contributed by atoms with Crippen LogP contribution in [0.5, 0.6) is 0 Å². The van der Waals surface area contributed by atoms with E-state index in [0.717, 1.165) is 19.3 Å². The molecule has 3 aromatic rings. The minimum atomic E-state index is -1.69. The highest BCUT2D eigenvalue weighted by Gasteiger charge is 2.46. The third kappa shape index (κ3) is 9.20. The van der Waals surface area contributed by atoms with Gasteiger partial charge in [0.05, 0.1) is 42.0 Å². The van der Waals surface area contributed by atoms with E-state index in [9.17, 15) is 24.5 Å². The summed E-state index contributed by atoms with van der Waals surface area (Å²) in [6, 6.07) is 8.72. The number of esters is 1. The Balaban J connectivity index is 1.36. The highest BCUT2D eigenvalue weighted by molar-refractivity contribution is 6.12. The Hall–Kier alpha value is -4.16. The first-order valence-electron chi connectivity index (χ1n) is 16.3. The number of fused-ring (bicyclic) bond motifs is 1. The first-order valence-corrected chi connectivity index (χ1v) is 16.3. The number of carbonyl (C=O) groups is 3. The molecule has 0 radical (unpaired) electrons. The second-order valence-corrected chi connectivity index (χ2v) is 11.7. The van der Waals surface area contributed by atoms with E-state index in [4.69, 9.17) is 14.2 Å². The molecule has 0 spiro atoms. The lowest BCUT2D eigenvalue weighted by Gasteiger charge is -2.34. The zero-order chi connectivity index (χ0) is 32.9. The number of hydrogen-bond acceptors (Lipinski definition) is 9. The molecule has 1 aromatic heterocycles. The number of anilines is 1. The summed E-state index contributed by atoms with van der Waals surface area (Å²) in [5, 5.41) is 18.6. The molecule has 4 rings (SSSR count).